The predicted octanol–water partition coefficient (Wildman–Crippen LogP) is 1.04. The molecule has 0 radical (unpaired) electrons. The lowest BCUT2D eigenvalue weighted by Gasteiger charge is -2.33. The molecule has 0 saturated heterocycles. The Morgan fingerprint density at radius 2 is 2.33 bits per heavy atom. The van der Waals surface area contributed by atoms with E-state index in [9.17, 15) is 4.79 Å². The summed E-state index contributed by atoms with van der Waals surface area (Å²) in [5.74, 6) is 0. The summed E-state index contributed by atoms with van der Waals surface area (Å²) in [7, 11) is 1.98. The van der Waals surface area contributed by atoms with Crippen LogP contribution in [0.4, 0.5) is 0 Å². The third-order valence-corrected chi connectivity index (χ3v) is 2.80. The first kappa shape index (κ1) is 17.1. The van der Waals surface area contributed by atoms with Gasteiger partial charge in [0, 0.05) is 13.1 Å². The zero-order valence-corrected chi connectivity index (χ0v) is 12.8. The summed E-state index contributed by atoms with van der Waals surface area (Å²) < 4.78 is 1.69. The van der Waals surface area contributed by atoms with E-state index < -0.39 is 0 Å². The SMILES string of the molecule is C=CCON(C=O)C1C=C(n2cncn2)CN(C)C1.CC. The molecule has 116 valence electrons. The van der Waals surface area contributed by atoms with Gasteiger partial charge in [-0.05, 0) is 13.1 Å². The van der Waals surface area contributed by atoms with Crippen molar-refractivity contribution in [1.29, 1.82) is 0 Å². The van der Waals surface area contributed by atoms with Gasteiger partial charge in [-0.2, -0.15) is 5.10 Å². The van der Waals surface area contributed by atoms with Crippen LogP contribution < -0.4 is 0 Å². The van der Waals surface area contributed by atoms with Crippen LogP contribution in [0.1, 0.15) is 13.8 Å². The number of carbonyl (C=O) groups excluding carboxylic acids is 1. The van der Waals surface area contributed by atoms with Gasteiger partial charge in [0.05, 0.1) is 18.3 Å². The second-order valence-corrected chi connectivity index (χ2v) is 4.31. The summed E-state index contributed by atoms with van der Waals surface area (Å²) in [6.45, 7) is 9.31. The van der Waals surface area contributed by atoms with Crippen LogP contribution in [0.5, 0.6) is 0 Å². The molecule has 1 atom stereocenters. The molecule has 7 nitrogen and oxygen atoms in total. The van der Waals surface area contributed by atoms with Crippen molar-refractivity contribution in [2.24, 2.45) is 0 Å². The lowest BCUT2D eigenvalue weighted by molar-refractivity contribution is -0.177. The molecule has 0 aromatic carbocycles. The molecule has 0 spiro atoms. The van der Waals surface area contributed by atoms with Gasteiger partial charge >= 0.3 is 0 Å². The maximum atomic E-state index is 11.1. The zero-order chi connectivity index (χ0) is 15.7. The average Bonchev–Trinajstić information content (AvgIpc) is 3.04. The quantitative estimate of drug-likeness (QED) is 0.445. The monoisotopic (exact) mass is 293 g/mol. The molecule has 1 aromatic heterocycles. The molecule has 0 aliphatic carbocycles. The summed E-state index contributed by atoms with van der Waals surface area (Å²) in [6, 6.07) is -0.157. The third kappa shape index (κ3) is 4.80. The van der Waals surface area contributed by atoms with Crippen molar-refractivity contribution in [1.82, 2.24) is 24.7 Å². The average molecular weight is 293 g/mol. The minimum absolute atomic E-state index is 0.157. The molecule has 1 amide bonds. The zero-order valence-electron chi connectivity index (χ0n) is 12.8. The minimum Gasteiger partial charge on any atom is -0.298 e. The van der Waals surface area contributed by atoms with E-state index in [2.05, 4.69) is 21.6 Å². The summed E-state index contributed by atoms with van der Waals surface area (Å²) in [4.78, 5) is 22.4. The topological polar surface area (TPSA) is 63.5 Å². The number of nitrogens with zero attached hydrogens (tertiary/aromatic N) is 5. The van der Waals surface area contributed by atoms with Crippen molar-refractivity contribution in [2.75, 3.05) is 26.7 Å². The Hall–Kier alpha value is -1.99. The number of carbonyl (C=O) groups is 1. The van der Waals surface area contributed by atoms with Gasteiger partial charge in [-0.1, -0.05) is 19.9 Å². The summed E-state index contributed by atoms with van der Waals surface area (Å²) in [6.07, 6.45) is 7.37. The fraction of sp³-hybridized carbons (Fsp3) is 0.500. The maximum Gasteiger partial charge on any atom is 0.233 e. The highest BCUT2D eigenvalue weighted by Crippen LogP contribution is 2.16. The highest BCUT2D eigenvalue weighted by atomic mass is 16.7. The van der Waals surface area contributed by atoms with Gasteiger partial charge in [0.15, 0.2) is 0 Å². The van der Waals surface area contributed by atoms with E-state index in [0.29, 0.717) is 19.6 Å². The van der Waals surface area contributed by atoms with E-state index in [-0.39, 0.29) is 6.04 Å². The fourth-order valence-electron chi connectivity index (χ4n) is 1.99. The number of hydrogen-bond acceptors (Lipinski definition) is 5. The molecule has 0 N–H and O–H groups in total. The van der Waals surface area contributed by atoms with Crippen molar-refractivity contribution in [3.8, 4) is 0 Å². The molecule has 21 heavy (non-hydrogen) atoms. The van der Waals surface area contributed by atoms with Gasteiger partial charge in [-0.3, -0.25) is 14.5 Å². The fourth-order valence-corrected chi connectivity index (χ4v) is 1.99. The Balaban J connectivity index is 0.00000106. The largest absolute Gasteiger partial charge is 0.298 e. The van der Waals surface area contributed by atoms with Gasteiger partial charge in [0.1, 0.15) is 12.7 Å². The molecule has 0 bridgehead atoms. The van der Waals surface area contributed by atoms with E-state index in [1.165, 1.54) is 11.4 Å². The molecule has 1 aliphatic rings. The van der Waals surface area contributed by atoms with Crippen LogP contribution in [-0.2, 0) is 9.63 Å². The van der Waals surface area contributed by atoms with Crippen LogP contribution in [-0.4, -0.2) is 63.9 Å². The van der Waals surface area contributed by atoms with Crippen LogP contribution in [0.2, 0.25) is 0 Å². The number of amides is 1. The highest BCUT2D eigenvalue weighted by Gasteiger charge is 2.24. The van der Waals surface area contributed by atoms with E-state index in [1.807, 2.05) is 27.0 Å². The summed E-state index contributed by atoms with van der Waals surface area (Å²) in [5, 5.41) is 5.40. The first-order valence-corrected chi connectivity index (χ1v) is 6.96. The molecule has 0 saturated carbocycles. The Morgan fingerprint density at radius 3 is 2.90 bits per heavy atom. The predicted molar refractivity (Wildman–Crippen MR) is 81.0 cm³/mol. The van der Waals surface area contributed by atoms with Crippen molar-refractivity contribution in [3.05, 3.63) is 31.4 Å². The molecule has 2 rings (SSSR count). The second kappa shape index (κ2) is 9.04. The normalized spacial score (nSPS) is 18.2. The van der Waals surface area contributed by atoms with Crippen LogP contribution in [0, 0.1) is 0 Å². The summed E-state index contributed by atoms with van der Waals surface area (Å²) in [5.41, 5.74) is 0.963. The van der Waals surface area contributed by atoms with Crippen molar-refractivity contribution >= 4 is 12.1 Å². The van der Waals surface area contributed by atoms with Crippen molar-refractivity contribution in [2.45, 2.75) is 19.9 Å². The first-order chi connectivity index (χ1) is 10.2. The third-order valence-electron chi connectivity index (χ3n) is 2.80. The van der Waals surface area contributed by atoms with Crippen LogP contribution >= 0.6 is 0 Å². The van der Waals surface area contributed by atoms with E-state index >= 15 is 0 Å². The van der Waals surface area contributed by atoms with E-state index in [1.54, 1.807) is 17.1 Å². The lowest BCUT2D eigenvalue weighted by atomic mass is 10.1. The molecular weight excluding hydrogens is 270 g/mol. The number of likely N-dealkylation sites (N-methyl/N-ethyl adjacent to an activating group) is 1. The lowest BCUT2D eigenvalue weighted by Crippen LogP contribution is -2.45. The number of hydroxylamine groups is 2. The molecule has 1 aromatic rings. The number of aromatic nitrogens is 3. The molecule has 1 aliphatic heterocycles. The minimum atomic E-state index is -0.157. The Kier molecular flexibility index (Phi) is 7.34. The molecule has 7 heteroatoms. The van der Waals surface area contributed by atoms with Gasteiger partial charge in [-0.25, -0.2) is 14.7 Å². The molecular formula is C14H23N5O2. The van der Waals surface area contributed by atoms with Gasteiger partial charge in [0.25, 0.3) is 0 Å². The Labute approximate surface area is 125 Å². The smallest absolute Gasteiger partial charge is 0.233 e. The van der Waals surface area contributed by atoms with Crippen LogP contribution in [0.25, 0.3) is 5.70 Å². The van der Waals surface area contributed by atoms with Crippen molar-refractivity contribution in [3.63, 3.8) is 0 Å². The Morgan fingerprint density at radius 1 is 1.57 bits per heavy atom. The van der Waals surface area contributed by atoms with Crippen LogP contribution in [0.3, 0.4) is 0 Å². The Bertz CT molecular complexity index is 458. The number of rotatable bonds is 6. The van der Waals surface area contributed by atoms with Crippen LogP contribution in [0.15, 0.2) is 31.4 Å². The summed E-state index contributed by atoms with van der Waals surface area (Å²) >= 11 is 0. The standard InChI is InChI=1S/C12H17N5O2.C2H6/c1-3-4-19-17(10-18)12-5-11(6-15(2)7-12)16-9-13-8-14-16;1-2/h3,5,8-10,12H,1,4,6-7H2,2H3;1-2H3. The highest BCUT2D eigenvalue weighted by molar-refractivity contribution is 5.52. The maximum absolute atomic E-state index is 11.1. The number of hydrogen-bond donors (Lipinski definition) is 0. The molecule has 1 unspecified atom stereocenters. The second-order valence-electron chi connectivity index (χ2n) is 4.31. The van der Waals surface area contributed by atoms with E-state index in [4.69, 9.17) is 4.84 Å². The van der Waals surface area contributed by atoms with Gasteiger partial charge < -0.3 is 0 Å². The van der Waals surface area contributed by atoms with Crippen molar-refractivity contribution < 1.29 is 9.63 Å². The van der Waals surface area contributed by atoms with Gasteiger partial charge in [0.2, 0.25) is 6.41 Å². The van der Waals surface area contributed by atoms with E-state index in [0.717, 1.165) is 12.2 Å². The van der Waals surface area contributed by atoms with Gasteiger partial charge in [-0.15, -0.1) is 6.58 Å². The molecule has 2 heterocycles. The molecule has 0 fully saturated rings. The first-order valence-electron chi connectivity index (χ1n) is 6.96.